The molecule has 0 saturated carbocycles. The Labute approximate surface area is 330 Å². The molecule has 308 valence electrons. The average molecular weight is 780 g/mol. The molecular formula is C43H61N3O10. The van der Waals surface area contributed by atoms with Crippen molar-refractivity contribution in [3.63, 3.8) is 0 Å². The lowest BCUT2D eigenvalue weighted by Crippen LogP contribution is -2.60. The van der Waals surface area contributed by atoms with Gasteiger partial charge in [0.1, 0.15) is 23.9 Å². The molecule has 0 aliphatic carbocycles. The minimum Gasteiger partial charge on any atom is -0.457 e. The number of rotatable bonds is 9. The van der Waals surface area contributed by atoms with Gasteiger partial charge >= 0.3 is 12.1 Å². The number of cyclic esters (lactones) is 1. The van der Waals surface area contributed by atoms with Gasteiger partial charge in [-0.25, -0.2) is 4.79 Å². The first kappa shape index (κ1) is 43.4. The Morgan fingerprint density at radius 1 is 1.04 bits per heavy atom. The molecule has 2 N–H and O–H groups in total. The van der Waals surface area contributed by atoms with Crippen LogP contribution in [0.25, 0.3) is 17.0 Å². The number of carbonyl (C=O) groups excluding carboxylic acids is 4. The van der Waals surface area contributed by atoms with Gasteiger partial charge in [0.2, 0.25) is 0 Å². The number of fused-ring (bicyclic) bond motifs is 2. The van der Waals surface area contributed by atoms with Crippen LogP contribution in [-0.2, 0) is 38.1 Å². The number of likely N-dealkylation sites (N-methyl/N-ethyl adjacent to an activating group) is 1. The van der Waals surface area contributed by atoms with Crippen molar-refractivity contribution in [3.05, 3.63) is 48.2 Å². The van der Waals surface area contributed by atoms with E-state index < -0.39 is 83.4 Å². The Bertz CT molecular complexity index is 1770. The van der Waals surface area contributed by atoms with Crippen molar-refractivity contribution in [2.24, 2.45) is 23.7 Å². The maximum absolute atomic E-state index is 14.5. The quantitative estimate of drug-likeness (QED) is 0.243. The normalized spacial score (nSPS) is 37.6. The third-order valence-corrected chi connectivity index (χ3v) is 12.1. The van der Waals surface area contributed by atoms with E-state index >= 15 is 0 Å². The number of aliphatic hydroxyl groups excluding tert-OH is 1. The summed E-state index contributed by atoms with van der Waals surface area (Å²) >= 11 is 0. The highest BCUT2D eigenvalue weighted by Crippen LogP contribution is 2.40. The van der Waals surface area contributed by atoms with Gasteiger partial charge in [0.05, 0.1) is 36.0 Å². The van der Waals surface area contributed by atoms with E-state index in [4.69, 9.17) is 23.7 Å². The monoisotopic (exact) mass is 779 g/mol. The molecule has 2 aromatic rings. The molecule has 3 aliphatic heterocycles. The van der Waals surface area contributed by atoms with Gasteiger partial charge in [-0.05, 0) is 78.7 Å². The summed E-state index contributed by atoms with van der Waals surface area (Å²) in [6.07, 6.45) is 1.82. The lowest BCUT2D eigenvalue weighted by atomic mass is 9.73. The van der Waals surface area contributed by atoms with Crippen LogP contribution in [0, 0.1) is 23.7 Å². The van der Waals surface area contributed by atoms with Gasteiger partial charge in [0, 0.05) is 35.4 Å². The van der Waals surface area contributed by atoms with E-state index in [0.29, 0.717) is 19.3 Å². The molecule has 3 saturated heterocycles. The number of alkyl carbamates (subject to hydrolysis) is 1. The molecule has 13 heteroatoms. The number of amides is 1. The highest BCUT2D eigenvalue weighted by atomic mass is 16.7. The Morgan fingerprint density at radius 3 is 2.46 bits per heavy atom. The number of esters is 1. The summed E-state index contributed by atoms with van der Waals surface area (Å²) in [6.45, 7) is 14.0. The number of benzene rings is 1. The van der Waals surface area contributed by atoms with Crippen LogP contribution in [0.1, 0.15) is 86.6 Å². The second kappa shape index (κ2) is 17.8. The Kier molecular flexibility index (Phi) is 13.8. The predicted molar refractivity (Wildman–Crippen MR) is 210 cm³/mol. The number of Topliss-reactive ketones (excluding diaryl/α,β-unsaturated/α-hetero) is 2. The van der Waals surface area contributed by atoms with E-state index in [1.54, 1.807) is 40.8 Å². The van der Waals surface area contributed by atoms with E-state index in [1.165, 1.54) is 6.92 Å². The van der Waals surface area contributed by atoms with Crippen LogP contribution in [0.4, 0.5) is 4.79 Å². The third-order valence-electron chi connectivity index (χ3n) is 12.1. The van der Waals surface area contributed by atoms with E-state index in [0.717, 1.165) is 16.5 Å². The van der Waals surface area contributed by atoms with E-state index in [-0.39, 0.29) is 31.0 Å². The second-order valence-electron chi connectivity index (χ2n) is 16.7. The summed E-state index contributed by atoms with van der Waals surface area (Å²) in [6, 6.07) is 8.69. The molecule has 3 fully saturated rings. The third kappa shape index (κ3) is 9.18. The van der Waals surface area contributed by atoms with Crippen molar-refractivity contribution in [2.75, 3.05) is 20.7 Å². The number of aromatic nitrogens is 1. The smallest absolute Gasteiger partial charge is 0.408 e. The first-order valence-corrected chi connectivity index (χ1v) is 20.0. The molecule has 13 nitrogen and oxygen atoms in total. The zero-order valence-corrected chi connectivity index (χ0v) is 34.5. The fourth-order valence-corrected chi connectivity index (χ4v) is 8.86. The molecule has 1 aromatic heterocycles. The first-order chi connectivity index (χ1) is 26.4. The molecule has 0 spiro atoms. The molecule has 1 unspecified atom stereocenters. The highest BCUT2D eigenvalue weighted by molar-refractivity contribution is 6.00. The maximum Gasteiger partial charge on any atom is 0.408 e. The van der Waals surface area contributed by atoms with Gasteiger partial charge < -0.3 is 39.0 Å². The number of aliphatic hydroxyl groups is 1. The number of hydrogen-bond donors (Lipinski definition) is 2. The van der Waals surface area contributed by atoms with Gasteiger partial charge in [-0.3, -0.25) is 19.4 Å². The number of ketones is 2. The largest absolute Gasteiger partial charge is 0.457 e. The highest BCUT2D eigenvalue weighted by Gasteiger charge is 2.57. The van der Waals surface area contributed by atoms with Gasteiger partial charge in [-0.15, -0.1) is 0 Å². The summed E-state index contributed by atoms with van der Waals surface area (Å²) in [7, 11) is 3.75. The average Bonchev–Trinajstić information content (AvgIpc) is 3.48. The van der Waals surface area contributed by atoms with Crippen molar-refractivity contribution >= 4 is 40.6 Å². The predicted octanol–water partition coefficient (Wildman–Crippen LogP) is 5.50. The SMILES string of the molecule is CCC[C@H]1OC(=O)[C@H](C)C(=O)[C@H](C)[C@@H](OC2O[C@H](C)C[C@H](N(C)C)[C@H]2O)[C@](C)(OC/C=C/c2ccc3cccnc3c2)C[C@@H](C)C(=O)[C@H](C)[C@@H]2NC(=O)O[C@]12C. The van der Waals surface area contributed by atoms with Crippen molar-refractivity contribution in [3.8, 4) is 0 Å². The number of hydrogen-bond acceptors (Lipinski definition) is 12. The topological polar surface area (TPSA) is 163 Å². The number of nitrogens with one attached hydrogen (secondary N) is 1. The van der Waals surface area contributed by atoms with Crippen LogP contribution in [0.15, 0.2) is 42.6 Å². The van der Waals surface area contributed by atoms with E-state index in [2.05, 4.69) is 10.3 Å². The van der Waals surface area contributed by atoms with Crippen molar-refractivity contribution in [1.29, 1.82) is 0 Å². The van der Waals surface area contributed by atoms with Crippen LogP contribution in [0.3, 0.4) is 0 Å². The summed E-state index contributed by atoms with van der Waals surface area (Å²) in [5.74, 6) is -5.09. The summed E-state index contributed by atoms with van der Waals surface area (Å²) in [5.41, 5.74) is -0.975. The van der Waals surface area contributed by atoms with Crippen LogP contribution in [-0.4, -0.2) is 113 Å². The minimum absolute atomic E-state index is 0.0691. The van der Waals surface area contributed by atoms with Crippen LogP contribution in [0.5, 0.6) is 0 Å². The summed E-state index contributed by atoms with van der Waals surface area (Å²) in [4.78, 5) is 62.1. The summed E-state index contributed by atoms with van der Waals surface area (Å²) < 4.78 is 31.6. The number of carbonyl (C=O) groups is 4. The number of ether oxygens (including phenoxy) is 5. The minimum atomic E-state index is -1.38. The Hall–Kier alpha value is -3.75. The molecule has 56 heavy (non-hydrogen) atoms. The number of pyridine rings is 1. The van der Waals surface area contributed by atoms with Gasteiger partial charge in [-0.1, -0.05) is 64.5 Å². The zero-order chi connectivity index (χ0) is 41.1. The maximum atomic E-state index is 14.5. The molecule has 1 amide bonds. The number of nitrogens with zero attached hydrogens (tertiary/aromatic N) is 2. The fraction of sp³-hybridized carbons (Fsp3) is 0.651. The van der Waals surface area contributed by atoms with Crippen LogP contribution < -0.4 is 5.32 Å². The molecule has 5 rings (SSSR count). The molecule has 3 aliphatic rings. The molecule has 1 aromatic carbocycles. The van der Waals surface area contributed by atoms with E-state index in [9.17, 15) is 24.3 Å². The fourth-order valence-electron chi connectivity index (χ4n) is 8.86. The molecular weight excluding hydrogens is 718 g/mol. The first-order valence-electron chi connectivity index (χ1n) is 20.0. The second-order valence-corrected chi connectivity index (χ2v) is 16.7. The zero-order valence-electron chi connectivity index (χ0n) is 34.5. The van der Waals surface area contributed by atoms with Gasteiger partial charge in [0.25, 0.3) is 0 Å². The van der Waals surface area contributed by atoms with Gasteiger partial charge in [-0.2, -0.15) is 0 Å². The van der Waals surface area contributed by atoms with Crippen LogP contribution in [0.2, 0.25) is 0 Å². The lowest BCUT2D eigenvalue weighted by Gasteiger charge is -2.47. The lowest BCUT2D eigenvalue weighted by molar-refractivity contribution is -0.296. The summed E-state index contributed by atoms with van der Waals surface area (Å²) in [5, 5.41) is 15.4. The van der Waals surface area contributed by atoms with Crippen molar-refractivity contribution < 1.29 is 48.0 Å². The Morgan fingerprint density at radius 2 is 1.77 bits per heavy atom. The molecule has 0 bridgehead atoms. The standard InChI is InChI=1S/C43H61N3O10/c1-11-14-33-43(8)37(45-41(51)56-43)26(4)34(47)24(2)23-42(7,52-20-13-15-29-17-18-30-16-12-19-44-31(30)22-29)38(27(5)35(48)28(6)39(50)54-33)55-40-36(49)32(46(9)10)21-25(3)53-40/h12-13,15-19,22,24-28,32-33,36-38,40,49H,11,14,20-21,23H2,1-10H3,(H,45,51)/b15-13+/t24-,25-,26+,27+,28-,32+,33-,36-,37+,38-,40?,42-,43-/m1/s1. The van der Waals surface area contributed by atoms with Crippen molar-refractivity contribution in [1.82, 2.24) is 15.2 Å². The Balaban J connectivity index is 1.56. The van der Waals surface area contributed by atoms with Crippen molar-refractivity contribution in [2.45, 2.75) is 135 Å². The van der Waals surface area contributed by atoms with Crippen LogP contribution >= 0.6 is 0 Å². The molecule has 4 heterocycles. The molecule has 0 radical (unpaired) electrons. The van der Waals surface area contributed by atoms with E-state index in [1.807, 2.05) is 75.3 Å². The molecule has 13 atom stereocenters. The van der Waals surface area contributed by atoms with Gasteiger partial charge in [0.15, 0.2) is 17.7 Å².